The van der Waals surface area contributed by atoms with Crippen molar-refractivity contribution in [2.24, 2.45) is 0 Å². The third-order valence-electron chi connectivity index (χ3n) is 14.1. The third kappa shape index (κ3) is 16.4. The van der Waals surface area contributed by atoms with Crippen molar-refractivity contribution in [3.63, 3.8) is 0 Å². The van der Waals surface area contributed by atoms with E-state index in [1.165, 1.54) is 23.5 Å². The lowest BCUT2D eigenvalue weighted by atomic mass is 9.90. The fraction of sp³-hybridized carbons (Fsp3) is 0.294. The monoisotopic (exact) mass is 1200 g/mol. The second kappa shape index (κ2) is 32.1. The number of methoxy groups -OCH3 is 4. The summed E-state index contributed by atoms with van der Waals surface area (Å²) in [6.45, 7) is 7.86. The molecule has 86 heavy (non-hydrogen) atoms. The highest BCUT2D eigenvalue weighted by Crippen LogP contribution is 2.43. The first-order valence-electron chi connectivity index (χ1n) is 28.5. The van der Waals surface area contributed by atoms with Crippen LogP contribution in [0.3, 0.4) is 0 Å². The molecule has 2 aromatic heterocycles. The number of fused-ring (bicyclic) bond motifs is 2. The highest BCUT2D eigenvalue weighted by Gasteiger charge is 2.21. The Hall–Kier alpha value is -7.72. The van der Waals surface area contributed by atoms with Crippen molar-refractivity contribution in [1.82, 2.24) is 17.5 Å². The van der Waals surface area contributed by atoms with Gasteiger partial charge in [0.1, 0.15) is 71.5 Å². The Kier molecular flexibility index (Phi) is 22.9. The molecule has 0 bridgehead atoms. The van der Waals surface area contributed by atoms with Crippen molar-refractivity contribution in [2.45, 2.75) is 0 Å². The van der Waals surface area contributed by atoms with E-state index < -0.39 is 0 Å². The second-order valence-corrected chi connectivity index (χ2v) is 20.8. The van der Waals surface area contributed by atoms with Crippen LogP contribution in [0.1, 0.15) is 0 Å². The first kappa shape index (κ1) is 61.4. The molecule has 0 N–H and O–H groups in total. The predicted molar refractivity (Wildman–Crippen MR) is 339 cm³/mol. The van der Waals surface area contributed by atoms with E-state index in [1.807, 2.05) is 48.5 Å². The van der Waals surface area contributed by atoms with E-state index in [1.54, 1.807) is 28.4 Å². The number of rotatable bonds is 35. The van der Waals surface area contributed by atoms with Crippen LogP contribution in [0.4, 0.5) is 0 Å². The molecule has 16 nitrogen and oxygen atoms in total. The molecule has 0 aliphatic carbocycles. The normalized spacial score (nSPS) is 11.4. The Morgan fingerprint density at radius 2 is 0.453 bits per heavy atom. The Morgan fingerprint density at radius 1 is 0.233 bits per heavy atom. The molecule has 0 unspecified atom stereocenters. The highest BCUT2D eigenvalue weighted by molar-refractivity contribution is 7.00. The minimum Gasteiger partial charge on any atom is -0.491 e. The summed E-state index contributed by atoms with van der Waals surface area (Å²) < 4.78 is 86.8. The lowest BCUT2D eigenvalue weighted by Crippen LogP contribution is -2.09. The maximum Gasteiger partial charge on any atom is 0.119 e. The Morgan fingerprint density at radius 3 is 0.709 bits per heavy atom. The van der Waals surface area contributed by atoms with Crippen LogP contribution in [0.25, 0.3) is 100.0 Å². The summed E-state index contributed by atoms with van der Waals surface area (Å²) in [7, 11) is 6.63. The summed E-state index contributed by atoms with van der Waals surface area (Å²) >= 11 is 2.39. The molecule has 0 saturated heterocycles. The number of hydrogen-bond acceptors (Lipinski definition) is 18. The summed E-state index contributed by atoms with van der Waals surface area (Å²) in [4.78, 5) is 0. The second-order valence-electron chi connectivity index (χ2n) is 19.8. The van der Waals surface area contributed by atoms with Crippen molar-refractivity contribution in [2.75, 3.05) is 134 Å². The lowest BCUT2D eigenvalue weighted by Gasteiger charge is -2.15. The molecule has 0 amide bonds. The maximum atomic E-state index is 6.02. The maximum absolute atomic E-state index is 6.02. The fourth-order valence-electron chi connectivity index (χ4n) is 9.69. The fourth-order valence-corrected chi connectivity index (χ4v) is 10.8. The molecular weight excluding hydrogens is 1130 g/mol. The summed E-state index contributed by atoms with van der Waals surface area (Å²) in [6, 6.07) is 54.5. The highest BCUT2D eigenvalue weighted by atomic mass is 32.1. The van der Waals surface area contributed by atoms with Gasteiger partial charge in [-0.15, -0.1) is 0 Å². The van der Waals surface area contributed by atoms with Crippen molar-refractivity contribution in [3.05, 3.63) is 158 Å². The average molecular weight is 1200 g/mol. The molecule has 8 aromatic carbocycles. The molecule has 0 saturated carbocycles. The molecule has 0 fully saturated rings. The van der Waals surface area contributed by atoms with Gasteiger partial charge in [-0.2, -0.15) is 17.5 Å². The van der Waals surface area contributed by atoms with Crippen molar-refractivity contribution >= 4 is 45.5 Å². The molecular formula is C68H70N4O12S2. The van der Waals surface area contributed by atoms with E-state index in [4.69, 9.17) is 74.3 Å². The van der Waals surface area contributed by atoms with E-state index in [9.17, 15) is 0 Å². The summed E-state index contributed by atoms with van der Waals surface area (Å²) in [5.41, 5.74) is 17.1. The minimum absolute atomic E-state index is 0.433. The third-order valence-corrected chi connectivity index (χ3v) is 15.1. The van der Waals surface area contributed by atoms with Crippen LogP contribution < -0.4 is 18.9 Å². The molecule has 10 rings (SSSR count). The van der Waals surface area contributed by atoms with E-state index in [-0.39, 0.29) is 0 Å². The van der Waals surface area contributed by atoms with Crippen molar-refractivity contribution in [3.8, 4) is 101 Å². The van der Waals surface area contributed by atoms with Gasteiger partial charge in [0.05, 0.1) is 103 Å². The van der Waals surface area contributed by atoms with Crippen LogP contribution in [0.5, 0.6) is 23.0 Å². The average Bonchev–Trinajstić information content (AvgIpc) is 1.80. The van der Waals surface area contributed by atoms with Crippen LogP contribution in [0, 0.1) is 0 Å². The zero-order chi connectivity index (χ0) is 59.1. The van der Waals surface area contributed by atoms with Crippen LogP contribution in [0.15, 0.2) is 158 Å². The molecule has 0 radical (unpaired) electrons. The Labute approximate surface area is 510 Å². The molecule has 0 aliphatic heterocycles. The lowest BCUT2D eigenvalue weighted by molar-refractivity contribution is 0.0544. The van der Waals surface area contributed by atoms with Gasteiger partial charge in [0.25, 0.3) is 0 Å². The van der Waals surface area contributed by atoms with Gasteiger partial charge in [0.2, 0.25) is 0 Å². The van der Waals surface area contributed by atoms with E-state index in [0.717, 1.165) is 123 Å². The van der Waals surface area contributed by atoms with Gasteiger partial charge < -0.3 is 56.8 Å². The topological polar surface area (TPSA) is 162 Å². The molecule has 446 valence electrons. The largest absolute Gasteiger partial charge is 0.491 e. The van der Waals surface area contributed by atoms with Gasteiger partial charge in [-0.1, -0.05) is 72.8 Å². The quantitative estimate of drug-likeness (QED) is 0.0345. The van der Waals surface area contributed by atoms with Crippen LogP contribution >= 0.6 is 23.5 Å². The zero-order valence-corrected chi connectivity index (χ0v) is 50.5. The smallest absolute Gasteiger partial charge is 0.119 e. The van der Waals surface area contributed by atoms with Crippen LogP contribution in [0.2, 0.25) is 0 Å². The van der Waals surface area contributed by atoms with Crippen LogP contribution in [-0.4, -0.2) is 152 Å². The van der Waals surface area contributed by atoms with E-state index in [0.29, 0.717) is 106 Å². The summed E-state index contributed by atoms with van der Waals surface area (Å²) in [6.07, 6.45) is 0. The minimum atomic E-state index is 0.433. The van der Waals surface area contributed by atoms with Gasteiger partial charge in [0.15, 0.2) is 0 Å². The van der Waals surface area contributed by atoms with Crippen molar-refractivity contribution in [1.29, 1.82) is 0 Å². The van der Waals surface area contributed by atoms with Gasteiger partial charge >= 0.3 is 0 Å². The Balaban J connectivity index is 0.962. The first-order chi connectivity index (χ1) is 42.5. The SMILES string of the molecule is COCCOCCOc1ccc(-c2cc(-c3ccc(OCCOCCOC)cc3)cc(-c3ccc(-c4ccc(-c5cc(-c6ccc(OCCOCCOC)cc6)cc(-c6ccc(OCCOCCOC)cc6)c5)c5nsnc45)c4nsnc34)c2)cc1. The van der Waals surface area contributed by atoms with Gasteiger partial charge in [-0.05, 0) is 141 Å². The predicted octanol–water partition coefficient (Wildman–Crippen LogP) is 13.5. The zero-order valence-electron chi connectivity index (χ0n) is 48.8. The molecule has 18 heteroatoms. The Bertz CT molecular complexity index is 3300. The number of nitrogens with zero attached hydrogens (tertiary/aromatic N) is 4. The van der Waals surface area contributed by atoms with Gasteiger partial charge in [-0.3, -0.25) is 0 Å². The summed E-state index contributed by atoms with van der Waals surface area (Å²) in [5.74, 6) is 3.04. The number of benzene rings is 8. The van der Waals surface area contributed by atoms with Crippen molar-refractivity contribution < 1.29 is 56.8 Å². The van der Waals surface area contributed by atoms with Gasteiger partial charge in [-0.25, -0.2) is 0 Å². The standard InChI is InChI=1S/C68H70N4O12S2/c1-73-25-29-77-33-37-81-57-13-5-47(6-14-57)51-41-52(48-7-15-58(16-8-48)82-38-34-78-30-26-74-2)44-55(43-51)61-21-23-63(67-65(61)69-85-71-67)64-24-22-62(66-68(64)72-86-70-66)56-45-53(49-9-17-59(18-10-49)83-39-35-79-31-27-75-3)42-54(46-56)50-11-19-60(20-12-50)84-40-36-80-32-28-76-4/h5-24,41-46H,25-40H2,1-4H3. The molecule has 10 aromatic rings. The van der Waals surface area contributed by atoms with E-state index >= 15 is 0 Å². The van der Waals surface area contributed by atoms with Gasteiger partial charge in [0, 0.05) is 50.7 Å². The number of ether oxygens (including phenoxy) is 12. The van der Waals surface area contributed by atoms with E-state index in [2.05, 4.69) is 109 Å². The van der Waals surface area contributed by atoms with Crippen LogP contribution in [-0.2, 0) is 37.9 Å². The molecule has 2 heterocycles. The first-order valence-corrected chi connectivity index (χ1v) is 30.0. The molecule has 0 atom stereocenters. The number of hydrogen-bond donors (Lipinski definition) is 0. The summed E-state index contributed by atoms with van der Waals surface area (Å²) in [5, 5.41) is 0. The molecule has 0 spiro atoms. The number of aromatic nitrogens is 4. The molecule has 0 aliphatic rings.